The molecule has 6 aliphatic carbocycles. The predicted octanol–water partition coefficient (Wildman–Crippen LogP) is 33.1. The van der Waals surface area contributed by atoms with E-state index in [9.17, 15) is 0 Å². The van der Waals surface area contributed by atoms with Gasteiger partial charge < -0.3 is 24.5 Å². The van der Waals surface area contributed by atoms with Gasteiger partial charge in [0, 0.05) is 128 Å². The summed E-state index contributed by atoms with van der Waals surface area (Å²) in [5.41, 5.74) is 59.1. The van der Waals surface area contributed by atoms with Crippen LogP contribution in [0, 0.1) is 0 Å². The van der Waals surface area contributed by atoms with E-state index in [4.69, 9.17) is 0 Å². The molecule has 6 heteroatoms. The third-order valence-corrected chi connectivity index (χ3v) is 32.7. The number of anilines is 11. The third-order valence-electron chi connectivity index (χ3n) is 32.7. The Hall–Kier alpha value is -17.4. The highest BCUT2D eigenvalue weighted by molar-refractivity contribution is 6.02. The molecule has 6 nitrogen and oxygen atoms in total. The molecule has 30 rings (SSSR count). The van der Waals surface area contributed by atoms with Crippen molar-refractivity contribution in [2.24, 2.45) is 0 Å². The summed E-state index contributed by atoms with van der Waals surface area (Å²) in [4.78, 5) is 14.6. The van der Waals surface area contributed by atoms with E-state index in [0.717, 1.165) is 45.4 Å². The first-order valence-electron chi connectivity index (χ1n) is 51.2. The molecular formula is C139H104N6. The standard InChI is InChI=1S/C47H36N2.2C46H34N2/c1-48(30-32-14-12-18-36(28-32)49-44-26-10-2-15-33(44)29-34-16-3-11-27-45(34)49)31-35-17-13-25-43-46(35)39-21-6-9-24-42(39)47(43)40-22-7-4-19-37(40)38-20-5-8-23-41(38)47;1-47(30-31-14-12-17-34(28-31)48-42-25-10-2-15-32(42)29-33-16-3-11-26-43(33)48)44-27-13-24-41-45(44)37-20-6-9-23-40(37)46(41)38-21-7-4-18-35(38)36-19-5-8-22-39(36)46;1-47(34-17-13-18-35(29-34)48-43-26-10-2-14-31(43)28-32-15-3-11-27-44(32)48)30-33-16-12-25-42-45(33)38-21-6-9-24-41(38)46(42)39-22-7-4-19-36(39)37-20-5-8-23-40(37)46/h2-28H,29-31H2,1H3;2-28H,29-30H2,1H3;2-27,29H,28,30H2,1H3. The normalized spacial score (nSPS) is 14.1. The molecule has 0 saturated heterocycles. The van der Waals surface area contributed by atoms with Crippen LogP contribution in [0.15, 0.2) is 491 Å². The largest absolute Gasteiger partial charge is 0.370 e. The Balaban J connectivity index is 0.000000106. The molecule has 0 amide bonds. The smallest absolute Gasteiger partial charge is 0.0726 e. The number of fused-ring (bicyclic) bond motifs is 36. The third kappa shape index (κ3) is 13.1. The Labute approximate surface area is 849 Å². The van der Waals surface area contributed by atoms with E-state index in [1.54, 1.807) is 0 Å². The van der Waals surface area contributed by atoms with Crippen LogP contribution in [0.2, 0.25) is 0 Å². The summed E-state index contributed by atoms with van der Waals surface area (Å²) in [6.07, 6.45) is 2.88. The van der Waals surface area contributed by atoms with Crippen molar-refractivity contribution in [1.29, 1.82) is 0 Å². The van der Waals surface area contributed by atoms with E-state index in [2.05, 4.69) is 542 Å². The van der Waals surface area contributed by atoms with Gasteiger partial charge in [0.15, 0.2) is 0 Å². The highest BCUT2D eigenvalue weighted by atomic mass is 15.2. The number of nitrogens with zero attached hydrogens (tertiary/aromatic N) is 6. The summed E-state index contributed by atoms with van der Waals surface area (Å²) < 4.78 is 0. The molecular weight excluding hydrogens is 1750 g/mol. The molecule has 0 N–H and O–H groups in total. The fourth-order valence-corrected chi connectivity index (χ4v) is 27.1. The van der Waals surface area contributed by atoms with Gasteiger partial charge in [-0.3, -0.25) is 4.90 Å². The van der Waals surface area contributed by atoms with Crippen LogP contribution in [0.25, 0.3) is 66.8 Å². The summed E-state index contributed by atoms with van der Waals surface area (Å²) in [6, 6.07) is 183. The number of hydrogen-bond acceptors (Lipinski definition) is 6. The van der Waals surface area contributed by atoms with E-state index in [1.165, 1.54) is 252 Å². The zero-order valence-electron chi connectivity index (χ0n) is 81.4. The quantitative estimate of drug-likeness (QED) is 0.114. The van der Waals surface area contributed by atoms with Crippen molar-refractivity contribution in [3.05, 3.63) is 614 Å². The van der Waals surface area contributed by atoms with E-state index in [0.29, 0.717) is 0 Å². The molecule has 21 aromatic rings. The first-order valence-corrected chi connectivity index (χ1v) is 51.2. The van der Waals surface area contributed by atoms with Crippen LogP contribution in [0.1, 0.15) is 122 Å². The van der Waals surface area contributed by atoms with Crippen LogP contribution in [0.5, 0.6) is 0 Å². The molecule has 3 aliphatic heterocycles. The Morgan fingerprint density at radius 2 is 0.441 bits per heavy atom. The molecule has 0 saturated carbocycles. The lowest BCUT2D eigenvalue weighted by Gasteiger charge is -2.34. The van der Waals surface area contributed by atoms with Gasteiger partial charge in [0.25, 0.3) is 0 Å². The van der Waals surface area contributed by atoms with Crippen molar-refractivity contribution in [2.45, 2.75) is 61.7 Å². The molecule has 9 aliphatic rings. The number of rotatable bonds is 13. The molecule has 0 bridgehead atoms. The molecule has 145 heavy (non-hydrogen) atoms. The summed E-state index contributed by atoms with van der Waals surface area (Å²) in [7, 11) is 6.74. The van der Waals surface area contributed by atoms with E-state index in [1.807, 2.05) is 0 Å². The van der Waals surface area contributed by atoms with Gasteiger partial charge in [-0.05, 0) is 276 Å². The molecule has 21 aromatic carbocycles. The van der Waals surface area contributed by atoms with Gasteiger partial charge in [0.1, 0.15) is 0 Å². The lowest BCUT2D eigenvalue weighted by molar-refractivity contribution is 0.319. The van der Waals surface area contributed by atoms with Gasteiger partial charge in [-0.1, -0.05) is 406 Å². The van der Waals surface area contributed by atoms with Gasteiger partial charge in [0.05, 0.1) is 16.2 Å². The maximum absolute atomic E-state index is 2.47. The molecule has 0 unspecified atom stereocenters. The second-order valence-corrected chi connectivity index (χ2v) is 40.6. The maximum atomic E-state index is 2.47. The SMILES string of the molecule is CN(Cc1cccc(N2c3ccccc3Cc3ccccc32)c1)Cc1cccc2c1-c1ccccc1C21c2ccccc2-c2ccccc21.CN(Cc1cccc(N2c3ccccc3Cc3ccccc32)c1)c1cccc2c1-c1ccccc1C21c2ccccc2-c2ccccc21.CN(Cc1cccc2c1-c1ccccc1C21c2ccccc2-c2ccccc21)c1cccc(N2c3ccccc3Cc3ccccc32)c1. The highest BCUT2D eigenvalue weighted by Crippen LogP contribution is 2.68. The summed E-state index contributed by atoms with van der Waals surface area (Å²) in [6.45, 7) is 3.31. The molecule has 3 heterocycles. The second-order valence-electron chi connectivity index (χ2n) is 40.6. The Bertz CT molecular complexity index is 8560. The average molecular weight is 1860 g/mol. The number of para-hydroxylation sites is 6. The van der Waals surface area contributed by atoms with Crippen LogP contribution in [-0.4, -0.2) is 26.0 Å². The zero-order valence-corrected chi connectivity index (χ0v) is 81.4. The van der Waals surface area contributed by atoms with Crippen LogP contribution < -0.4 is 24.5 Å². The van der Waals surface area contributed by atoms with Gasteiger partial charge in [0.2, 0.25) is 0 Å². The van der Waals surface area contributed by atoms with Crippen molar-refractivity contribution < 1.29 is 0 Å². The van der Waals surface area contributed by atoms with E-state index >= 15 is 0 Å². The lowest BCUT2D eigenvalue weighted by atomic mass is 9.70. The number of hydrogen-bond donors (Lipinski definition) is 0. The van der Waals surface area contributed by atoms with Gasteiger partial charge in [-0.25, -0.2) is 0 Å². The average Bonchev–Trinajstić information content (AvgIpc) is 1.52. The Morgan fingerprint density at radius 1 is 0.193 bits per heavy atom. The van der Waals surface area contributed by atoms with Crippen molar-refractivity contribution in [1.82, 2.24) is 4.90 Å². The van der Waals surface area contributed by atoms with E-state index < -0.39 is 0 Å². The van der Waals surface area contributed by atoms with Crippen molar-refractivity contribution in [3.8, 4) is 66.8 Å². The second kappa shape index (κ2) is 34.2. The fourth-order valence-electron chi connectivity index (χ4n) is 27.1. The fraction of sp³-hybridized carbons (Fsp3) is 0.0935. The molecule has 0 atom stereocenters. The molecule has 690 valence electrons. The molecule has 3 spiro atoms. The number of benzene rings is 21. The summed E-state index contributed by atoms with van der Waals surface area (Å²) in [5.74, 6) is 0. The first kappa shape index (κ1) is 85.5. The van der Waals surface area contributed by atoms with Gasteiger partial charge in [-0.2, -0.15) is 0 Å². The minimum absolute atomic E-state index is 0.303. The van der Waals surface area contributed by atoms with Crippen molar-refractivity contribution in [2.75, 3.05) is 45.6 Å². The first-order chi connectivity index (χ1) is 71.7. The Kier molecular flexibility index (Phi) is 20.2. The molecule has 0 fully saturated rings. The topological polar surface area (TPSA) is 19.4 Å². The van der Waals surface area contributed by atoms with Gasteiger partial charge >= 0.3 is 0 Å². The highest BCUT2D eigenvalue weighted by Gasteiger charge is 2.56. The van der Waals surface area contributed by atoms with E-state index in [-0.39, 0.29) is 16.2 Å². The van der Waals surface area contributed by atoms with Crippen molar-refractivity contribution >= 4 is 62.6 Å². The van der Waals surface area contributed by atoms with Crippen LogP contribution in [0.3, 0.4) is 0 Å². The minimum atomic E-state index is -0.328. The Morgan fingerprint density at radius 3 is 0.786 bits per heavy atom. The van der Waals surface area contributed by atoms with Crippen LogP contribution in [0.4, 0.5) is 62.6 Å². The monoisotopic (exact) mass is 1860 g/mol. The summed E-state index contributed by atoms with van der Waals surface area (Å²) in [5, 5.41) is 0. The minimum Gasteiger partial charge on any atom is -0.370 e. The molecule has 0 aromatic heterocycles. The van der Waals surface area contributed by atoms with Crippen molar-refractivity contribution in [3.63, 3.8) is 0 Å². The van der Waals surface area contributed by atoms with Gasteiger partial charge in [-0.15, -0.1) is 0 Å². The zero-order chi connectivity index (χ0) is 96.2. The predicted molar refractivity (Wildman–Crippen MR) is 599 cm³/mol. The van der Waals surface area contributed by atoms with Crippen LogP contribution >= 0.6 is 0 Å². The lowest BCUT2D eigenvalue weighted by Crippen LogP contribution is -2.26. The summed E-state index contributed by atoms with van der Waals surface area (Å²) >= 11 is 0. The van der Waals surface area contributed by atoms with Crippen LogP contribution in [-0.2, 0) is 61.7 Å². The molecule has 0 radical (unpaired) electrons. The maximum Gasteiger partial charge on any atom is 0.0726 e.